The molecule has 4 aliphatic rings. The Morgan fingerprint density at radius 3 is 2.56 bits per heavy atom. The molecule has 0 bridgehead atoms. The summed E-state index contributed by atoms with van der Waals surface area (Å²) in [6, 6.07) is 6.12. The predicted molar refractivity (Wildman–Crippen MR) is 130 cm³/mol. The molecule has 1 aromatic carbocycles. The van der Waals surface area contributed by atoms with Crippen molar-refractivity contribution in [1.82, 2.24) is 24.7 Å². The largest absolute Gasteiger partial charge is 0.371 e. The average molecular weight is 467 g/mol. The molecule has 2 amide bonds. The molecule has 4 aliphatic heterocycles. The van der Waals surface area contributed by atoms with Gasteiger partial charge in [-0.05, 0) is 69.8 Å². The number of likely N-dealkylation sites (tertiary alicyclic amines) is 1. The van der Waals surface area contributed by atoms with E-state index < -0.39 is 11.9 Å². The highest BCUT2D eigenvalue weighted by atomic mass is 16.2. The van der Waals surface area contributed by atoms with Gasteiger partial charge in [0.2, 0.25) is 11.8 Å². The molecule has 9 heteroatoms. The lowest BCUT2D eigenvalue weighted by atomic mass is 9.91. The highest BCUT2D eigenvalue weighted by molar-refractivity contribution is 6.00. The van der Waals surface area contributed by atoms with Crippen LogP contribution in [0, 0.1) is 0 Å². The third kappa shape index (κ3) is 3.40. The van der Waals surface area contributed by atoms with Crippen LogP contribution in [0.25, 0.3) is 11.0 Å². The monoisotopic (exact) mass is 466 g/mol. The third-order valence-electron chi connectivity index (χ3n) is 8.74. The Labute approximate surface area is 199 Å². The molecular formula is C25H34N6O3. The maximum atomic E-state index is 13.1. The van der Waals surface area contributed by atoms with Crippen molar-refractivity contribution in [1.29, 1.82) is 0 Å². The maximum Gasteiger partial charge on any atom is 0.329 e. The van der Waals surface area contributed by atoms with Gasteiger partial charge in [-0.2, -0.15) is 0 Å². The zero-order valence-electron chi connectivity index (χ0n) is 19.9. The summed E-state index contributed by atoms with van der Waals surface area (Å²) in [5, 5.41) is 5.97. The van der Waals surface area contributed by atoms with Crippen LogP contribution in [0.2, 0.25) is 0 Å². The zero-order valence-corrected chi connectivity index (χ0v) is 19.9. The molecule has 4 saturated heterocycles. The number of nitrogens with one attached hydrogen (secondary N) is 2. The van der Waals surface area contributed by atoms with Crippen molar-refractivity contribution < 1.29 is 9.59 Å². The lowest BCUT2D eigenvalue weighted by Crippen LogP contribution is -2.54. The van der Waals surface area contributed by atoms with E-state index in [1.165, 1.54) is 25.8 Å². The van der Waals surface area contributed by atoms with Crippen molar-refractivity contribution in [3.05, 3.63) is 28.7 Å². The first-order valence-corrected chi connectivity index (χ1v) is 12.7. The SMILES string of the molecule is Cn1c(=O)n(C2CCC(=O)NC2=O)c2ccc(N3CCC(N4CCCC45CCNC5)CC3)cc21. The van der Waals surface area contributed by atoms with E-state index in [-0.39, 0.29) is 18.0 Å². The van der Waals surface area contributed by atoms with Gasteiger partial charge < -0.3 is 10.2 Å². The van der Waals surface area contributed by atoms with Gasteiger partial charge in [0.05, 0.1) is 11.0 Å². The second-order valence-corrected chi connectivity index (χ2v) is 10.5. The van der Waals surface area contributed by atoms with Crippen LogP contribution in [0.15, 0.2) is 23.0 Å². The molecule has 0 aliphatic carbocycles. The number of hydrogen-bond donors (Lipinski definition) is 2. The van der Waals surface area contributed by atoms with Crippen LogP contribution in [0.1, 0.15) is 51.0 Å². The fourth-order valence-corrected chi connectivity index (χ4v) is 6.93. The lowest BCUT2D eigenvalue weighted by molar-refractivity contribution is -0.135. The smallest absolute Gasteiger partial charge is 0.329 e. The average Bonchev–Trinajstić information content (AvgIpc) is 3.55. The number of imidazole rings is 1. The van der Waals surface area contributed by atoms with E-state index in [0.717, 1.165) is 55.7 Å². The standard InChI is InChI=1S/C25H34N6O3/c1-28-21-15-18(3-4-19(21)31(24(28)34)20-5-6-22(32)27-23(20)33)29-13-7-17(8-14-29)30-12-2-9-25(30)10-11-26-16-25/h3-4,15,17,20,26H,2,5-14,16H2,1H3,(H,27,32,33). The molecular weight excluding hydrogens is 432 g/mol. The van der Waals surface area contributed by atoms with Crippen molar-refractivity contribution in [2.24, 2.45) is 7.05 Å². The summed E-state index contributed by atoms with van der Waals surface area (Å²) in [4.78, 5) is 42.3. The molecule has 2 atom stereocenters. The Bertz CT molecular complexity index is 1180. The highest BCUT2D eigenvalue weighted by Crippen LogP contribution is 2.39. The minimum atomic E-state index is -0.645. The van der Waals surface area contributed by atoms with E-state index in [0.29, 0.717) is 18.0 Å². The van der Waals surface area contributed by atoms with Gasteiger partial charge in [0.25, 0.3) is 0 Å². The van der Waals surface area contributed by atoms with Gasteiger partial charge >= 0.3 is 5.69 Å². The molecule has 0 saturated carbocycles. The van der Waals surface area contributed by atoms with Crippen molar-refractivity contribution >= 4 is 28.5 Å². The summed E-state index contributed by atoms with van der Waals surface area (Å²) < 4.78 is 3.17. The molecule has 0 radical (unpaired) electrons. The third-order valence-corrected chi connectivity index (χ3v) is 8.74. The number of nitrogens with zero attached hydrogens (tertiary/aromatic N) is 4. The predicted octanol–water partition coefficient (Wildman–Crippen LogP) is 1.11. The molecule has 2 unspecified atom stereocenters. The number of amides is 2. The number of hydrogen-bond acceptors (Lipinski definition) is 6. The van der Waals surface area contributed by atoms with Gasteiger partial charge in [0, 0.05) is 50.4 Å². The number of piperidine rings is 2. The Hall–Kier alpha value is -2.65. The molecule has 4 fully saturated rings. The number of benzene rings is 1. The Morgan fingerprint density at radius 2 is 1.82 bits per heavy atom. The summed E-state index contributed by atoms with van der Waals surface area (Å²) >= 11 is 0. The minimum absolute atomic E-state index is 0.218. The number of rotatable bonds is 3. The zero-order chi connectivity index (χ0) is 23.4. The second-order valence-electron chi connectivity index (χ2n) is 10.5. The number of anilines is 1. The molecule has 2 N–H and O–H groups in total. The lowest BCUT2D eigenvalue weighted by Gasteiger charge is -2.44. The van der Waals surface area contributed by atoms with Gasteiger partial charge in [-0.3, -0.25) is 28.9 Å². The summed E-state index contributed by atoms with van der Waals surface area (Å²) in [5.41, 5.74) is 2.87. The van der Waals surface area contributed by atoms with Gasteiger partial charge in [0.1, 0.15) is 6.04 Å². The van der Waals surface area contributed by atoms with Crippen molar-refractivity contribution in [3.63, 3.8) is 0 Å². The number of aryl methyl sites for hydroxylation is 1. The molecule has 5 heterocycles. The Morgan fingerprint density at radius 1 is 1.00 bits per heavy atom. The fraction of sp³-hybridized carbons (Fsp3) is 0.640. The maximum absolute atomic E-state index is 13.1. The molecule has 6 rings (SSSR count). The van der Waals surface area contributed by atoms with Crippen LogP contribution in [0.3, 0.4) is 0 Å². The van der Waals surface area contributed by atoms with Crippen LogP contribution >= 0.6 is 0 Å². The normalized spacial score (nSPS) is 29.0. The van der Waals surface area contributed by atoms with Crippen LogP contribution in [0.5, 0.6) is 0 Å². The number of carbonyl (C=O) groups excluding carboxylic acids is 2. The first-order chi connectivity index (χ1) is 16.5. The van der Waals surface area contributed by atoms with Crippen LogP contribution < -0.4 is 21.2 Å². The van der Waals surface area contributed by atoms with Crippen molar-refractivity contribution in [2.75, 3.05) is 37.6 Å². The van der Waals surface area contributed by atoms with E-state index in [1.54, 1.807) is 16.2 Å². The molecule has 34 heavy (non-hydrogen) atoms. The number of fused-ring (bicyclic) bond motifs is 1. The van der Waals surface area contributed by atoms with E-state index in [9.17, 15) is 14.4 Å². The van der Waals surface area contributed by atoms with Crippen LogP contribution in [0.4, 0.5) is 5.69 Å². The van der Waals surface area contributed by atoms with E-state index >= 15 is 0 Å². The molecule has 2 aromatic rings. The molecule has 1 aromatic heterocycles. The number of carbonyl (C=O) groups is 2. The van der Waals surface area contributed by atoms with Gasteiger partial charge in [0.15, 0.2) is 0 Å². The van der Waals surface area contributed by atoms with Crippen molar-refractivity contribution in [2.45, 2.75) is 62.6 Å². The fourth-order valence-electron chi connectivity index (χ4n) is 6.93. The topological polar surface area (TPSA) is 91.6 Å². The van der Waals surface area contributed by atoms with Crippen LogP contribution in [-0.4, -0.2) is 70.2 Å². The van der Waals surface area contributed by atoms with Crippen LogP contribution in [-0.2, 0) is 16.6 Å². The molecule has 182 valence electrons. The van der Waals surface area contributed by atoms with Gasteiger partial charge in [-0.1, -0.05) is 0 Å². The van der Waals surface area contributed by atoms with E-state index in [2.05, 4.69) is 32.6 Å². The Balaban J connectivity index is 1.22. The number of aromatic nitrogens is 2. The summed E-state index contributed by atoms with van der Waals surface area (Å²) in [6.07, 6.45) is 6.85. The Kier molecular flexibility index (Phi) is 5.29. The van der Waals surface area contributed by atoms with E-state index in [4.69, 9.17) is 0 Å². The summed E-state index contributed by atoms with van der Waals surface area (Å²) in [6.45, 7) is 5.54. The van der Waals surface area contributed by atoms with Gasteiger partial charge in [-0.25, -0.2) is 4.79 Å². The first-order valence-electron chi connectivity index (χ1n) is 12.7. The molecule has 1 spiro atoms. The highest BCUT2D eigenvalue weighted by Gasteiger charge is 2.46. The quantitative estimate of drug-likeness (QED) is 0.659. The second kappa shape index (κ2) is 8.23. The van der Waals surface area contributed by atoms with Crippen molar-refractivity contribution in [3.8, 4) is 0 Å². The molecule has 9 nitrogen and oxygen atoms in total. The first kappa shape index (κ1) is 21.9. The minimum Gasteiger partial charge on any atom is -0.371 e. The van der Waals surface area contributed by atoms with E-state index in [1.807, 2.05) is 6.07 Å². The van der Waals surface area contributed by atoms with Gasteiger partial charge in [-0.15, -0.1) is 0 Å². The summed E-state index contributed by atoms with van der Waals surface area (Å²) in [7, 11) is 1.76. The number of imide groups is 1. The summed E-state index contributed by atoms with van der Waals surface area (Å²) in [5.74, 6) is -0.668.